The average Bonchev–Trinajstić information content (AvgIpc) is 2.95. The molecule has 1 saturated carbocycles. The van der Waals surface area contributed by atoms with E-state index >= 15 is 0 Å². The van der Waals surface area contributed by atoms with Crippen molar-refractivity contribution in [2.45, 2.75) is 65.0 Å². The van der Waals surface area contributed by atoms with Crippen LogP contribution in [0.3, 0.4) is 0 Å². The van der Waals surface area contributed by atoms with Gasteiger partial charge < -0.3 is 10.8 Å². The summed E-state index contributed by atoms with van der Waals surface area (Å²) in [4.78, 5) is 0. The van der Waals surface area contributed by atoms with Crippen molar-refractivity contribution in [1.29, 1.82) is 0 Å². The molecule has 1 unspecified atom stereocenters. The summed E-state index contributed by atoms with van der Waals surface area (Å²) < 4.78 is 1.94. The first-order chi connectivity index (χ1) is 9.66. The topological polar surface area (TPSA) is 64.1 Å². The van der Waals surface area contributed by atoms with Crippen LogP contribution in [0.25, 0.3) is 0 Å². The lowest BCUT2D eigenvalue weighted by Gasteiger charge is -2.42. The van der Waals surface area contributed by atoms with Crippen LogP contribution >= 0.6 is 0 Å². The first kappa shape index (κ1) is 15.5. The third kappa shape index (κ3) is 2.91. The Balaban J connectivity index is 2.16. The summed E-state index contributed by atoms with van der Waals surface area (Å²) in [6, 6.07) is 1.95. The summed E-state index contributed by atoms with van der Waals surface area (Å²) in [5.74, 6) is 0.808. The molecule has 1 aliphatic carbocycles. The molecular formula is C16H29N3O. The number of nitrogens with two attached hydrogens (primary N) is 1. The van der Waals surface area contributed by atoms with E-state index in [0.29, 0.717) is 6.54 Å². The predicted molar refractivity (Wildman–Crippen MR) is 81.2 cm³/mol. The molecule has 0 saturated heterocycles. The zero-order valence-corrected chi connectivity index (χ0v) is 12.9. The number of hydrogen-bond acceptors (Lipinski definition) is 3. The molecule has 1 heterocycles. The normalized spacial score (nSPS) is 28.5. The molecule has 1 aliphatic rings. The minimum absolute atomic E-state index is 0.156. The monoisotopic (exact) mass is 279 g/mol. The van der Waals surface area contributed by atoms with Crippen molar-refractivity contribution in [3.8, 4) is 0 Å². The van der Waals surface area contributed by atoms with Crippen molar-refractivity contribution >= 4 is 0 Å². The lowest BCUT2D eigenvalue weighted by Crippen LogP contribution is -2.41. The minimum Gasteiger partial charge on any atom is -0.386 e. The van der Waals surface area contributed by atoms with E-state index in [-0.39, 0.29) is 5.41 Å². The Bertz CT molecular complexity index is 408. The fourth-order valence-electron chi connectivity index (χ4n) is 3.54. The van der Waals surface area contributed by atoms with Crippen molar-refractivity contribution in [2.24, 2.45) is 17.1 Å². The molecule has 1 atom stereocenters. The molecule has 2 rings (SSSR count). The van der Waals surface area contributed by atoms with Gasteiger partial charge >= 0.3 is 0 Å². The van der Waals surface area contributed by atoms with E-state index in [1.54, 1.807) is 6.20 Å². The summed E-state index contributed by atoms with van der Waals surface area (Å²) in [6.45, 7) is 5.80. The third-order valence-corrected chi connectivity index (χ3v) is 5.13. The van der Waals surface area contributed by atoms with Gasteiger partial charge in [0.1, 0.15) is 6.10 Å². The fourth-order valence-corrected chi connectivity index (χ4v) is 3.54. The number of aliphatic hydroxyl groups is 1. The predicted octanol–water partition coefficient (Wildman–Crippen LogP) is 2.87. The molecule has 0 amide bonds. The van der Waals surface area contributed by atoms with Crippen LogP contribution in [-0.2, 0) is 6.54 Å². The van der Waals surface area contributed by atoms with Gasteiger partial charge in [-0.25, -0.2) is 0 Å². The number of rotatable bonds is 6. The van der Waals surface area contributed by atoms with E-state index in [0.717, 1.165) is 37.4 Å². The highest BCUT2D eigenvalue weighted by molar-refractivity contribution is 5.10. The van der Waals surface area contributed by atoms with Crippen molar-refractivity contribution in [3.63, 3.8) is 0 Å². The average molecular weight is 279 g/mol. The molecule has 1 fully saturated rings. The lowest BCUT2D eigenvalue weighted by atomic mass is 9.66. The molecule has 0 aliphatic heterocycles. The molecule has 4 heteroatoms. The summed E-state index contributed by atoms with van der Waals surface area (Å²) >= 11 is 0. The Morgan fingerprint density at radius 2 is 2.15 bits per heavy atom. The van der Waals surface area contributed by atoms with Gasteiger partial charge in [-0.3, -0.25) is 4.68 Å². The Kier molecular flexibility index (Phi) is 5.22. The molecule has 1 aromatic rings. The van der Waals surface area contributed by atoms with Crippen molar-refractivity contribution in [3.05, 3.63) is 18.0 Å². The van der Waals surface area contributed by atoms with Gasteiger partial charge in [0.25, 0.3) is 0 Å². The number of hydrogen-bond donors (Lipinski definition) is 2. The van der Waals surface area contributed by atoms with Crippen molar-refractivity contribution in [1.82, 2.24) is 9.78 Å². The van der Waals surface area contributed by atoms with E-state index < -0.39 is 6.10 Å². The van der Waals surface area contributed by atoms with Crippen LogP contribution in [0.5, 0.6) is 0 Å². The second-order valence-electron chi connectivity index (χ2n) is 6.30. The van der Waals surface area contributed by atoms with E-state index in [4.69, 9.17) is 5.73 Å². The van der Waals surface area contributed by atoms with Crippen LogP contribution in [0.2, 0.25) is 0 Å². The fraction of sp³-hybridized carbons (Fsp3) is 0.812. The minimum atomic E-state index is -0.487. The van der Waals surface area contributed by atoms with Gasteiger partial charge in [0, 0.05) is 24.7 Å². The number of aromatic nitrogens is 2. The molecule has 4 nitrogen and oxygen atoms in total. The SMILES string of the molecule is CCCn1nccc1C(O)C1(CN)CCC(CC)CC1. The maximum absolute atomic E-state index is 10.9. The molecular weight excluding hydrogens is 250 g/mol. The van der Waals surface area contributed by atoms with Gasteiger partial charge in [0.15, 0.2) is 0 Å². The Morgan fingerprint density at radius 1 is 1.45 bits per heavy atom. The van der Waals surface area contributed by atoms with Gasteiger partial charge in [0.05, 0.1) is 5.69 Å². The standard InChI is InChI=1S/C16H29N3O/c1-3-11-19-14(7-10-18-19)15(20)16(12-17)8-5-13(4-2)6-9-16/h7,10,13,15,20H,3-6,8-9,11-12,17H2,1-2H3. The largest absolute Gasteiger partial charge is 0.386 e. The first-order valence-electron chi connectivity index (χ1n) is 8.06. The maximum Gasteiger partial charge on any atom is 0.102 e. The third-order valence-electron chi connectivity index (χ3n) is 5.13. The highest BCUT2D eigenvalue weighted by atomic mass is 16.3. The van der Waals surface area contributed by atoms with Crippen LogP contribution < -0.4 is 5.73 Å². The zero-order valence-electron chi connectivity index (χ0n) is 12.9. The summed E-state index contributed by atoms with van der Waals surface area (Å²) in [5.41, 5.74) is 6.85. The Hall–Kier alpha value is -0.870. The highest BCUT2D eigenvalue weighted by Crippen LogP contribution is 2.47. The molecule has 3 N–H and O–H groups in total. The van der Waals surface area contributed by atoms with E-state index in [1.165, 1.54) is 19.3 Å². The van der Waals surface area contributed by atoms with E-state index in [2.05, 4.69) is 18.9 Å². The zero-order chi connectivity index (χ0) is 14.6. The Morgan fingerprint density at radius 3 is 2.70 bits per heavy atom. The molecule has 0 bridgehead atoms. The summed E-state index contributed by atoms with van der Waals surface area (Å²) in [7, 11) is 0. The van der Waals surface area contributed by atoms with E-state index in [9.17, 15) is 5.11 Å². The molecule has 0 radical (unpaired) electrons. The van der Waals surface area contributed by atoms with Gasteiger partial charge in [-0.1, -0.05) is 20.3 Å². The highest BCUT2D eigenvalue weighted by Gasteiger charge is 2.41. The second kappa shape index (κ2) is 6.72. The van der Waals surface area contributed by atoms with Crippen LogP contribution in [0.15, 0.2) is 12.3 Å². The summed E-state index contributed by atoms with van der Waals surface area (Å²) in [5, 5.41) is 15.2. The van der Waals surface area contributed by atoms with Crippen LogP contribution in [0, 0.1) is 11.3 Å². The molecule has 20 heavy (non-hydrogen) atoms. The van der Waals surface area contributed by atoms with Crippen LogP contribution in [0.1, 0.15) is 64.2 Å². The van der Waals surface area contributed by atoms with Crippen LogP contribution in [-0.4, -0.2) is 21.4 Å². The second-order valence-corrected chi connectivity index (χ2v) is 6.30. The quantitative estimate of drug-likeness (QED) is 0.841. The van der Waals surface area contributed by atoms with Crippen molar-refractivity contribution < 1.29 is 5.11 Å². The first-order valence-corrected chi connectivity index (χ1v) is 8.06. The molecule has 0 aromatic carbocycles. The summed E-state index contributed by atoms with van der Waals surface area (Å²) in [6.07, 6.45) is 8.00. The van der Waals surface area contributed by atoms with Gasteiger partial charge in [-0.15, -0.1) is 0 Å². The van der Waals surface area contributed by atoms with Gasteiger partial charge in [-0.05, 0) is 44.1 Å². The van der Waals surface area contributed by atoms with Gasteiger partial charge in [0.2, 0.25) is 0 Å². The number of nitrogens with zero attached hydrogens (tertiary/aromatic N) is 2. The number of aryl methyl sites for hydroxylation is 1. The molecule has 1 aromatic heterocycles. The van der Waals surface area contributed by atoms with Crippen LogP contribution in [0.4, 0.5) is 0 Å². The van der Waals surface area contributed by atoms with E-state index in [1.807, 2.05) is 10.7 Å². The molecule has 0 spiro atoms. The van der Waals surface area contributed by atoms with Gasteiger partial charge in [-0.2, -0.15) is 5.10 Å². The smallest absolute Gasteiger partial charge is 0.102 e. The Labute approximate surface area is 122 Å². The maximum atomic E-state index is 10.9. The lowest BCUT2D eigenvalue weighted by molar-refractivity contribution is -0.0156. The van der Waals surface area contributed by atoms with Crippen molar-refractivity contribution in [2.75, 3.05) is 6.54 Å². The number of aliphatic hydroxyl groups excluding tert-OH is 1. The molecule has 114 valence electrons.